The fourth-order valence-corrected chi connectivity index (χ4v) is 2.48. The van der Waals surface area contributed by atoms with Crippen LogP contribution in [0.4, 0.5) is 5.95 Å². The standard InChI is InChI=1S/C14H11Cl2N3/c15-10-3-1-2-9(6-10)8-19-13-5-4-11(16)7-12(13)18-14(19)17/h1-7H,8H2,(H2,17,18). The van der Waals surface area contributed by atoms with Crippen molar-refractivity contribution in [3.05, 3.63) is 58.1 Å². The Bertz CT molecular complexity index is 750. The van der Waals surface area contributed by atoms with Gasteiger partial charge in [0.25, 0.3) is 0 Å². The van der Waals surface area contributed by atoms with Gasteiger partial charge in [-0.2, -0.15) is 0 Å². The van der Waals surface area contributed by atoms with E-state index in [0.29, 0.717) is 22.5 Å². The molecule has 96 valence electrons. The van der Waals surface area contributed by atoms with Crippen LogP contribution in [0, 0.1) is 0 Å². The zero-order valence-electron chi connectivity index (χ0n) is 9.98. The van der Waals surface area contributed by atoms with Crippen LogP contribution in [-0.4, -0.2) is 9.55 Å². The highest BCUT2D eigenvalue weighted by atomic mass is 35.5. The number of imidazole rings is 1. The summed E-state index contributed by atoms with van der Waals surface area (Å²) in [7, 11) is 0. The Morgan fingerprint density at radius 2 is 1.84 bits per heavy atom. The van der Waals surface area contributed by atoms with Gasteiger partial charge in [-0.3, -0.25) is 0 Å². The molecule has 0 spiro atoms. The molecule has 3 nitrogen and oxygen atoms in total. The van der Waals surface area contributed by atoms with Gasteiger partial charge in [0.05, 0.1) is 17.6 Å². The highest BCUT2D eigenvalue weighted by molar-refractivity contribution is 6.31. The summed E-state index contributed by atoms with van der Waals surface area (Å²) < 4.78 is 1.94. The zero-order chi connectivity index (χ0) is 13.4. The van der Waals surface area contributed by atoms with E-state index < -0.39 is 0 Å². The van der Waals surface area contributed by atoms with Gasteiger partial charge in [-0.15, -0.1) is 0 Å². The molecular formula is C14H11Cl2N3. The summed E-state index contributed by atoms with van der Waals surface area (Å²) in [4.78, 5) is 4.32. The number of hydrogen-bond donors (Lipinski definition) is 1. The van der Waals surface area contributed by atoms with Crippen molar-refractivity contribution in [2.24, 2.45) is 0 Å². The summed E-state index contributed by atoms with van der Waals surface area (Å²) in [5, 5.41) is 1.36. The number of rotatable bonds is 2. The smallest absolute Gasteiger partial charge is 0.201 e. The molecule has 0 bridgehead atoms. The van der Waals surface area contributed by atoms with Crippen LogP contribution >= 0.6 is 23.2 Å². The minimum absolute atomic E-state index is 0.470. The molecule has 5 heteroatoms. The molecule has 1 aromatic heterocycles. The Kier molecular flexibility index (Phi) is 3.09. The second kappa shape index (κ2) is 4.76. The quantitative estimate of drug-likeness (QED) is 0.776. The van der Waals surface area contributed by atoms with E-state index in [1.54, 1.807) is 0 Å². The van der Waals surface area contributed by atoms with Crippen LogP contribution in [0.2, 0.25) is 10.0 Å². The molecule has 2 N–H and O–H groups in total. The molecule has 0 atom stereocenters. The van der Waals surface area contributed by atoms with Crippen molar-refractivity contribution in [3.8, 4) is 0 Å². The molecule has 0 unspecified atom stereocenters. The third kappa shape index (κ3) is 2.39. The summed E-state index contributed by atoms with van der Waals surface area (Å²) in [5.41, 5.74) is 8.80. The maximum Gasteiger partial charge on any atom is 0.201 e. The Hall–Kier alpha value is -1.71. The van der Waals surface area contributed by atoms with E-state index >= 15 is 0 Å². The minimum Gasteiger partial charge on any atom is -0.369 e. The Morgan fingerprint density at radius 3 is 2.63 bits per heavy atom. The molecule has 0 amide bonds. The number of nitrogens with two attached hydrogens (primary N) is 1. The second-order valence-corrected chi connectivity index (χ2v) is 5.19. The van der Waals surface area contributed by atoms with Crippen molar-refractivity contribution in [3.63, 3.8) is 0 Å². The first kappa shape index (κ1) is 12.3. The molecule has 0 fully saturated rings. The maximum absolute atomic E-state index is 5.99. The van der Waals surface area contributed by atoms with E-state index in [1.165, 1.54) is 0 Å². The van der Waals surface area contributed by atoms with Crippen molar-refractivity contribution < 1.29 is 0 Å². The van der Waals surface area contributed by atoms with Crippen molar-refractivity contribution in [2.75, 3.05) is 5.73 Å². The van der Waals surface area contributed by atoms with E-state index in [4.69, 9.17) is 28.9 Å². The van der Waals surface area contributed by atoms with Crippen molar-refractivity contribution in [2.45, 2.75) is 6.54 Å². The van der Waals surface area contributed by atoms with E-state index in [2.05, 4.69) is 4.98 Å². The van der Waals surface area contributed by atoms with Crippen molar-refractivity contribution in [1.29, 1.82) is 0 Å². The topological polar surface area (TPSA) is 43.8 Å². The summed E-state index contributed by atoms with van der Waals surface area (Å²) in [6.45, 7) is 0.629. The molecule has 3 aromatic rings. The fraction of sp³-hybridized carbons (Fsp3) is 0.0714. The second-order valence-electron chi connectivity index (χ2n) is 4.32. The van der Waals surface area contributed by atoms with Gasteiger partial charge in [0, 0.05) is 10.0 Å². The van der Waals surface area contributed by atoms with Gasteiger partial charge in [0.15, 0.2) is 0 Å². The van der Waals surface area contributed by atoms with Gasteiger partial charge < -0.3 is 10.3 Å². The molecule has 0 aliphatic rings. The number of hydrogen-bond acceptors (Lipinski definition) is 2. The van der Waals surface area contributed by atoms with Crippen LogP contribution in [0.1, 0.15) is 5.56 Å². The number of nitrogens with zero attached hydrogens (tertiary/aromatic N) is 2. The molecular weight excluding hydrogens is 281 g/mol. The van der Waals surface area contributed by atoms with E-state index in [1.807, 2.05) is 47.0 Å². The largest absolute Gasteiger partial charge is 0.369 e. The lowest BCUT2D eigenvalue weighted by atomic mass is 10.2. The first-order valence-electron chi connectivity index (χ1n) is 5.79. The van der Waals surface area contributed by atoms with Crippen molar-refractivity contribution in [1.82, 2.24) is 9.55 Å². The molecule has 0 saturated carbocycles. The van der Waals surface area contributed by atoms with Gasteiger partial charge in [-0.05, 0) is 35.9 Å². The van der Waals surface area contributed by atoms with Gasteiger partial charge >= 0.3 is 0 Å². The first-order valence-corrected chi connectivity index (χ1v) is 6.55. The lowest BCUT2D eigenvalue weighted by molar-refractivity contribution is 0.838. The summed E-state index contributed by atoms with van der Waals surface area (Å²) in [6, 6.07) is 13.3. The summed E-state index contributed by atoms with van der Waals surface area (Å²) >= 11 is 11.9. The number of benzene rings is 2. The Labute approximate surface area is 120 Å². The first-order chi connectivity index (χ1) is 9.13. The summed E-state index contributed by atoms with van der Waals surface area (Å²) in [5.74, 6) is 0.470. The molecule has 3 rings (SSSR count). The molecule has 19 heavy (non-hydrogen) atoms. The predicted octanol–water partition coefficient (Wildman–Crippen LogP) is 3.97. The van der Waals surface area contributed by atoms with Crippen LogP contribution in [0.15, 0.2) is 42.5 Å². The van der Waals surface area contributed by atoms with E-state index in [0.717, 1.165) is 16.6 Å². The third-order valence-electron chi connectivity index (χ3n) is 2.97. The van der Waals surface area contributed by atoms with Crippen LogP contribution in [0.5, 0.6) is 0 Å². The fourth-order valence-electron chi connectivity index (χ4n) is 2.11. The maximum atomic E-state index is 5.99. The number of aromatic nitrogens is 2. The zero-order valence-corrected chi connectivity index (χ0v) is 11.5. The van der Waals surface area contributed by atoms with Gasteiger partial charge in [0.2, 0.25) is 5.95 Å². The van der Waals surface area contributed by atoms with Gasteiger partial charge in [-0.1, -0.05) is 35.3 Å². The number of halogens is 2. The number of anilines is 1. The van der Waals surface area contributed by atoms with Crippen LogP contribution in [0.25, 0.3) is 11.0 Å². The number of nitrogen functional groups attached to an aromatic ring is 1. The average molecular weight is 292 g/mol. The lowest BCUT2D eigenvalue weighted by Crippen LogP contribution is -2.04. The Morgan fingerprint density at radius 1 is 1.05 bits per heavy atom. The van der Waals surface area contributed by atoms with Crippen LogP contribution in [0.3, 0.4) is 0 Å². The highest BCUT2D eigenvalue weighted by Crippen LogP contribution is 2.23. The van der Waals surface area contributed by atoms with Gasteiger partial charge in [-0.25, -0.2) is 4.98 Å². The van der Waals surface area contributed by atoms with Gasteiger partial charge in [0.1, 0.15) is 0 Å². The van der Waals surface area contributed by atoms with Crippen molar-refractivity contribution >= 4 is 40.2 Å². The van der Waals surface area contributed by atoms with Crippen LogP contribution < -0.4 is 5.73 Å². The molecule has 0 radical (unpaired) electrons. The van der Waals surface area contributed by atoms with E-state index in [9.17, 15) is 0 Å². The van der Waals surface area contributed by atoms with E-state index in [-0.39, 0.29) is 0 Å². The molecule has 2 aromatic carbocycles. The number of fused-ring (bicyclic) bond motifs is 1. The SMILES string of the molecule is Nc1nc2cc(Cl)ccc2n1Cc1cccc(Cl)c1. The molecule has 0 saturated heterocycles. The average Bonchev–Trinajstić information content (AvgIpc) is 2.65. The molecule has 0 aliphatic heterocycles. The molecule has 1 heterocycles. The Balaban J connectivity index is 2.07. The summed E-state index contributed by atoms with van der Waals surface area (Å²) in [6.07, 6.45) is 0. The van der Waals surface area contributed by atoms with Crippen LogP contribution in [-0.2, 0) is 6.54 Å². The predicted molar refractivity (Wildman–Crippen MR) is 79.7 cm³/mol. The lowest BCUT2D eigenvalue weighted by Gasteiger charge is -2.07. The minimum atomic E-state index is 0.470. The normalized spacial score (nSPS) is 11.1. The monoisotopic (exact) mass is 291 g/mol. The third-order valence-corrected chi connectivity index (χ3v) is 3.44. The molecule has 0 aliphatic carbocycles. The highest BCUT2D eigenvalue weighted by Gasteiger charge is 2.09.